The van der Waals surface area contributed by atoms with Crippen LogP contribution in [0.3, 0.4) is 0 Å². The summed E-state index contributed by atoms with van der Waals surface area (Å²) in [4.78, 5) is 0. The lowest BCUT2D eigenvalue weighted by atomic mass is 9.82. The van der Waals surface area contributed by atoms with Crippen LogP contribution in [-0.2, 0) is 0 Å². The molecular weight excluding hydrogens is 175 g/mol. The molecule has 0 bridgehead atoms. The monoisotopic (exact) mass is 188 g/mol. The van der Waals surface area contributed by atoms with E-state index in [1.54, 1.807) is 19.1 Å². The van der Waals surface area contributed by atoms with Gasteiger partial charge in [0.2, 0.25) is 0 Å². The average Bonchev–Trinajstić information content (AvgIpc) is 2.18. The summed E-state index contributed by atoms with van der Waals surface area (Å²) in [7, 11) is 0. The van der Waals surface area contributed by atoms with E-state index in [2.05, 4.69) is 0 Å². The third-order valence-electron chi connectivity index (χ3n) is 2.60. The van der Waals surface area contributed by atoms with Crippen LogP contribution in [0.1, 0.15) is 18.4 Å². The van der Waals surface area contributed by atoms with Gasteiger partial charge in [-0.1, -0.05) is 48.6 Å². The molecule has 2 rings (SSSR count). The molecule has 0 spiro atoms. The van der Waals surface area contributed by atoms with Crippen LogP contribution >= 0.6 is 0 Å². The van der Waals surface area contributed by atoms with Gasteiger partial charge in [-0.3, -0.25) is 0 Å². The summed E-state index contributed by atoms with van der Waals surface area (Å²) < 4.78 is 14.1. The Balaban J connectivity index is 2.36. The van der Waals surface area contributed by atoms with Crippen LogP contribution in [0.5, 0.6) is 0 Å². The molecule has 0 aliphatic heterocycles. The molecule has 14 heavy (non-hydrogen) atoms. The molecule has 1 aliphatic carbocycles. The maximum absolute atomic E-state index is 14.1. The number of rotatable bonds is 1. The van der Waals surface area contributed by atoms with Crippen LogP contribution < -0.4 is 0 Å². The molecule has 0 fully saturated rings. The zero-order valence-corrected chi connectivity index (χ0v) is 8.15. The quantitative estimate of drug-likeness (QED) is 0.631. The summed E-state index contributed by atoms with van der Waals surface area (Å²) in [5.41, 5.74) is -0.242. The van der Waals surface area contributed by atoms with Gasteiger partial charge in [0.05, 0.1) is 0 Å². The second kappa shape index (κ2) is 3.41. The van der Waals surface area contributed by atoms with E-state index in [1.807, 2.05) is 42.5 Å². The molecular formula is C13H13F. The fourth-order valence-electron chi connectivity index (χ4n) is 1.81. The predicted octanol–water partition coefficient (Wildman–Crippen LogP) is 3.62. The maximum atomic E-state index is 14.1. The number of benzene rings is 1. The fourth-order valence-corrected chi connectivity index (χ4v) is 1.81. The molecule has 0 nitrogen and oxygen atoms in total. The summed E-state index contributed by atoms with van der Waals surface area (Å²) in [6, 6.07) is 9.76. The van der Waals surface area contributed by atoms with Crippen LogP contribution in [0.2, 0.25) is 0 Å². The van der Waals surface area contributed by atoms with Gasteiger partial charge in [-0.15, -0.1) is 0 Å². The normalized spacial score (nSPS) is 30.6. The first-order valence-corrected chi connectivity index (χ1v) is 4.80. The number of alkyl halides is 1. The van der Waals surface area contributed by atoms with E-state index < -0.39 is 5.67 Å². The summed E-state index contributed by atoms with van der Waals surface area (Å²) in [5.74, 6) is -0.159. The highest BCUT2D eigenvalue weighted by atomic mass is 19.1. The summed E-state index contributed by atoms with van der Waals surface area (Å²) in [6.07, 6.45) is 7.19. The smallest absolute Gasteiger partial charge is 0.136 e. The molecule has 2 atom stereocenters. The lowest BCUT2D eigenvalue weighted by Gasteiger charge is -2.27. The molecule has 0 radical (unpaired) electrons. The summed E-state index contributed by atoms with van der Waals surface area (Å²) >= 11 is 0. The van der Waals surface area contributed by atoms with E-state index in [0.717, 1.165) is 5.56 Å². The largest absolute Gasteiger partial charge is 0.239 e. The predicted molar refractivity (Wildman–Crippen MR) is 57.0 cm³/mol. The number of hydrogen-bond donors (Lipinski definition) is 0. The Morgan fingerprint density at radius 3 is 2.50 bits per heavy atom. The van der Waals surface area contributed by atoms with Crippen LogP contribution in [0, 0.1) is 0 Å². The topological polar surface area (TPSA) is 0 Å². The van der Waals surface area contributed by atoms with Crippen molar-refractivity contribution in [3.8, 4) is 0 Å². The van der Waals surface area contributed by atoms with E-state index in [4.69, 9.17) is 0 Å². The first-order chi connectivity index (χ1) is 6.70. The van der Waals surface area contributed by atoms with Crippen molar-refractivity contribution in [2.45, 2.75) is 18.5 Å². The minimum atomic E-state index is -1.27. The van der Waals surface area contributed by atoms with Gasteiger partial charge in [-0.2, -0.15) is 0 Å². The van der Waals surface area contributed by atoms with Crippen LogP contribution in [0.15, 0.2) is 54.6 Å². The van der Waals surface area contributed by atoms with Crippen molar-refractivity contribution in [1.82, 2.24) is 0 Å². The van der Waals surface area contributed by atoms with Crippen molar-refractivity contribution in [1.29, 1.82) is 0 Å². The second-order valence-electron chi connectivity index (χ2n) is 3.78. The Morgan fingerprint density at radius 2 is 1.86 bits per heavy atom. The molecule has 0 aromatic heterocycles. The Bertz CT molecular complexity index is 360. The van der Waals surface area contributed by atoms with Gasteiger partial charge in [0.25, 0.3) is 0 Å². The van der Waals surface area contributed by atoms with Crippen molar-refractivity contribution < 1.29 is 4.39 Å². The Morgan fingerprint density at radius 1 is 1.14 bits per heavy atom. The first-order valence-electron chi connectivity index (χ1n) is 4.80. The van der Waals surface area contributed by atoms with Gasteiger partial charge in [0, 0.05) is 5.92 Å². The summed E-state index contributed by atoms with van der Waals surface area (Å²) in [6.45, 7) is 1.62. The molecule has 0 N–H and O–H groups in total. The zero-order valence-electron chi connectivity index (χ0n) is 8.15. The minimum Gasteiger partial charge on any atom is -0.239 e. The van der Waals surface area contributed by atoms with Crippen molar-refractivity contribution in [3.05, 3.63) is 60.2 Å². The highest BCUT2D eigenvalue weighted by Gasteiger charge is 2.31. The van der Waals surface area contributed by atoms with Gasteiger partial charge in [0.1, 0.15) is 5.67 Å². The molecule has 1 heteroatoms. The second-order valence-corrected chi connectivity index (χ2v) is 3.78. The maximum Gasteiger partial charge on any atom is 0.136 e. The Labute approximate surface area is 83.8 Å². The average molecular weight is 188 g/mol. The molecule has 1 aromatic rings. The third-order valence-corrected chi connectivity index (χ3v) is 2.60. The first kappa shape index (κ1) is 9.20. The molecule has 0 amide bonds. The van der Waals surface area contributed by atoms with Gasteiger partial charge >= 0.3 is 0 Å². The molecule has 0 saturated heterocycles. The van der Waals surface area contributed by atoms with Crippen LogP contribution in [-0.4, -0.2) is 5.67 Å². The van der Waals surface area contributed by atoms with Crippen molar-refractivity contribution in [3.63, 3.8) is 0 Å². The van der Waals surface area contributed by atoms with Crippen molar-refractivity contribution >= 4 is 0 Å². The highest BCUT2D eigenvalue weighted by Crippen LogP contribution is 2.36. The van der Waals surface area contributed by atoms with Gasteiger partial charge in [0.15, 0.2) is 0 Å². The Kier molecular flexibility index (Phi) is 2.24. The van der Waals surface area contributed by atoms with Gasteiger partial charge in [-0.25, -0.2) is 4.39 Å². The zero-order chi connectivity index (χ0) is 10.0. The van der Waals surface area contributed by atoms with E-state index in [-0.39, 0.29) is 5.92 Å². The van der Waals surface area contributed by atoms with Crippen molar-refractivity contribution in [2.24, 2.45) is 0 Å². The highest BCUT2D eigenvalue weighted by molar-refractivity contribution is 5.34. The SMILES string of the molecule is CC1(F)C=CC=CC1c1ccccc1. The Hall–Kier alpha value is -1.37. The fraction of sp³-hybridized carbons (Fsp3) is 0.231. The van der Waals surface area contributed by atoms with E-state index in [1.165, 1.54) is 0 Å². The third kappa shape index (κ3) is 1.63. The van der Waals surface area contributed by atoms with Crippen molar-refractivity contribution in [2.75, 3.05) is 0 Å². The van der Waals surface area contributed by atoms with E-state index in [0.29, 0.717) is 0 Å². The van der Waals surface area contributed by atoms with E-state index in [9.17, 15) is 4.39 Å². The van der Waals surface area contributed by atoms with Crippen LogP contribution in [0.4, 0.5) is 4.39 Å². The number of hydrogen-bond acceptors (Lipinski definition) is 0. The van der Waals surface area contributed by atoms with Crippen LogP contribution in [0.25, 0.3) is 0 Å². The molecule has 2 unspecified atom stereocenters. The van der Waals surface area contributed by atoms with Gasteiger partial charge in [-0.05, 0) is 18.6 Å². The van der Waals surface area contributed by atoms with Gasteiger partial charge < -0.3 is 0 Å². The molecule has 1 aromatic carbocycles. The lowest BCUT2D eigenvalue weighted by Crippen LogP contribution is -2.25. The number of allylic oxidation sites excluding steroid dienone is 4. The molecule has 0 heterocycles. The molecule has 0 saturated carbocycles. The molecule has 1 aliphatic rings. The van der Waals surface area contributed by atoms with E-state index >= 15 is 0 Å². The number of halogens is 1. The molecule has 72 valence electrons. The lowest BCUT2D eigenvalue weighted by molar-refractivity contribution is 0.231. The summed E-state index contributed by atoms with van der Waals surface area (Å²) in [5, 5.41) is 0. The minimum absolute atomic E-state index is 0.159. The standard InChI is InChI=1S/C13H13F/c1-13(14)10-6-5-9-12(13)11-7-3-2-4-8-11/h2-10,12H,1H3.